The van der Waals surface area contributed by atoms with Crippen LogP contribution in [0.1, 0.15) is 29.9 Å². The van der Waals surface area contributed by atoms with E-state index in [1.54, 1.807) is 18.9 Å². The fourth-order valence-electron chi connectivity index (χ4n) is 2.35. The molecule has 9 heteroatoms. The molecule has 0 aliphatic rings. The van der Waals surface area contributed by atoms with Crippen molar-refractivity contribution in [3.8, 4) is 0 Å². The molecule has 0 fully saturated rings. The van der Waals surface area contributed by atoms with Crippen molar-refractivity contribution >= 4 is 22.7 Å². The van der Waals surface area contributed by atoms with Crippen molar-refractivity contribution in [2.24, 2.45) is 0 Å². The standard InChI is InChI=1S/C15H16F3N3O3/c1-4-20(5-2)21-12(13(22)14(23)24-3)10-8-9(15(16,17)18)6-7-11(10)19-21/h6-8H,4-5H2,1-3H3. The summed E-state index contributed by atoms with van der Waals surface area (Å²) >= 11 is 0. The normalized spacial score (nSPS) is 11.6. The number of hydrogen-bond acceptors (Lipinski definition) is 5. The van der Waals surface area contributed by atoms with Crippen molar-refractivity contribution in [3.05, 3.63) is 29.5 Å². The molecule has 24 heavy (non-hydrogen) atoms. The highest BCUT2D eigenvalue weighted by Crippen LogP contribution is 2.32. The fourth-order valence-corrected chi connectivity index (χ4v) is 2.35. The molecule has 0 atom stereocenters. The van der Waals surface area contributed by atoms with Gasteiger partial charge in [-0.1, -0.05) is 0 Å². The lowest BCUT2D eigenvalue weighted by Crippen LogP contribution is -2.38. The number of nitrogens with zero attached hydrogens (tertiary/aromatic N) is 3. The maximum absolute atomic E-state index is 13.0. The van der Waals surface area contributed by atoms with Gasteiger partial charge in [0.2, 0.25) is 0 Å². The van der Waals surface area contributed by atoms with Gasteiger partial charge in [0, 0.05) is 18.5 Å². The van der Waals surface area contributed by atoms with Crippen LogP contribution in [0.3, 0.4) is 0 Å². The lowest BCUT2D eigenvalue weighted by molar-refractivity contribution is -0.137. The van der Waals surface area contributed by atoms with Crippen LogP contribution < -0.4 is 5.01 Å². The van der Waals surface area contributed by atoms with E-state index < -0.39 is 23.5 Å². The summed E-state index contributed by atoms with van der Waals surface area (Å²) in [6, 6.07) is 2.87. The number of carbonyl (C=O) groups excluding carboxylic acids is 2. The average Bonchev–Trinajstić information content (AvgIpc) is 2.92. The number of hydrogen-bond donors (Lipinski definition) is 0. The van der Waals surface area contributed by atoms with E-state index in [1.165, 1.54) is 10.9 Å². The number of aromatic nitrogens is 2. The van der Waals surface area contributed by atoms with E-state index in [0.717, 1.165) is 19.2 Å². The molecule has 0 radical (unpaired) electrons. The number of carbonyl (C=O) groups is 2. The zero-order valence-corrected chi connectivity index (χ0v) is 13.3. The van der Waals surface area contributed by atoms with Gasteiger partial charge in [-0.25, -0.2) is 4.79 Å². The molecule has 0 spiro atoms. The van der Waals surface area contributed by atoms with Gasteiger partial charge in [-0.15, -0.1) is 0 Å². The Morgan fingerprint density at radius 2 is 1.88 bits per heavy atom. The van der Waals surface area contributed by atoms with Crippen LogP contribution >= 0.6 is 0 Å². The summed E-state index contributed by atoms with van der Waals surface area (Å²) in [5.74, 6) is -2.21. The van der Waals surface area contributed by atoms with Gasteiger partial charge in [0.15, 0.2) is 0 Å². The molecule has 0 aliphatic heterocycles. The SMILES string of the molecule is CCN(CC)n1nc2ccc(C(F)(F)F)cc2c1C(=O)C(=O)OC. The first kappa shape index (κ1) is 17.8. The molecule has 6 nitrogen and oxygen atoms in total. The van der Waals surface area contributed by atoms with Gasteiger partial charge in [-0.05, 0) is 32.0 Å². The molecular weight excluding hydrogens is 327 g/mol. The van der Waals surface area contributed by atoms with Crippen LogP contribution in [0, 0.1) is 0 Å². The summed E-state index contributed by atoms with van der Waals surface area (Å²) in [7, 11) is 1.03. The van der Waals surface area contributed by atoms with Crippen LogP contribution in [-0.4, -0.2) is 41.8 Å². The number of methoxy groups -OCH3 is 1. The number of halogens is 3. The molecule has 0 bridgehead atoms. The van der Waals surface area contributed by atoms with E-state index in [2.05, 4.69) is 9.84 Å². The van der Waals surface area contributed by atoms with Crippen molar-refractivity contribution in [3.63, 3.8) is 0 Å². The lowest BCUT2D eigenvalue weighted by Gasteiger charge is -2.22. The maximum atomic E-state index is 13.0. The highest BCUT2D eigenvalue weighted by Gasteiger charge is 2.33. The van der Waals surface area contributed by atoms with Gasteiger partial charge in [0.25, 0.3) is 5.78 Å². The van der Waals surface area contributed by atoms with Crippen molar-refractivity contribution in [1.29, 1.82) is 0 Å². The highest BCUT2D eigenvalue weighted by molar-refractivity contribution is 6.42. The van der Waals surface area contributed by atoms with E-state index in [0.29, 0.717) is 13.1 Å². The monoisotopic (exact) mass is 343 g/mol. The highest BCUT2D eigenvalue weighted by atomic mass is 19.4. The van der Waals surface area contributed by atoms with Crippen LogP contribution in [-0.2, 0) is 15.7 Å². The minimum atomic E-state index is -4.57. The van der Waals surface area contributed by atoms with Gasteiger partial charge in [0.1, 0.15) is 5.69 Å². The molecule has 130 valence electrons. The van der Waals surface area contributed by atoms with Gasteiger partial charge in [0.05, 0.1) is 18.2 Å². The number of rotatable bonds is 5. The van der Waals surface area contributed by atoms with Crippen molar-refractivity contribution < 1.29 is 27.5 Å². The Morgan fingerprint density at radius 3 is 2.38 bits per heavy atom. The van der Waals surface area contributed by atoms with Crippen LogP contribution in [0.4, 0.5) is 13.2 Å². The van der Waals surface area contributed by atoms with E-state index in [1.807, 2.05) is 0 Å². The van der Waals surface area contributed by atoms with E-state index >= 15 is 0 Å². The first-order chi connectivity index (χ1) is 11.2. The third-order valence-corrected chi connectivity index (χ3v) is 3.57. The molecular formula is C15H16F3N3O3. The van der Waals surface area contributed by atoms with Crippen LogP contribution in [0.25, 0.3) is 10.9 Å². The zero-order chi connectivity index (χ0) is 18.1. The Kier molecular flexibility index (Phi) is 4.81. The number of benzene rings is 1. The third-order valence-electron chi connectivity index (χ3n) is 3.57. The summed E-state index contributed by atoms with van der Waals surface area (Å²) < 4.78 is 43.3. The quantitative estimate of drug-likeness (QED) is 0.474. The molecule has 0 aliphatic carbocycles. The minimum Gasteiger partial charge on any atom is -0.463 e. The summed E-state index contributed by atoms with van der Waals surface area (Å²) in [4.78, 5) is 25.1. The number of Topliss-reactive ketones (excluding diaryl/α,β-unsaturated/α-hetero) is 1. The maximum Gasteiger partial charge on any atom is 0.416 e. The summed E-state index contributed by atoms with van der Waals surface area (Å²) in [6.45, 7) is 4.48. The van der Waals surface area contributed by atoms with Gasteiger partial charge < -0.3 is 4.74 Å². The van der Waals surface area contributed by atoms with E-state index in [9.17, 15) is 22.8 Å². The first-order valence-electron chi connectivity index (χ1n) is 7.22. The minimum absolute atomic E-state index is 0.0490. The molecule has 1 aromatic heterocycles. The molecule has 0 saturated heterocycles. The van der Waals surface area contributed by atoms with E-state index in [-0.39, 0.29) is 16.6 Å². The summed E-state index contributed by atoms with van der Waals surface area (Å²) in [5.41, 5.74) is -0.984. The molecule has 1 heterocycles. The van der Waals surface area contributed by atoms with Gasteiger partial charge >= 0.3 is 12.1 Å². The molecule has 2 rings (SSSR count). The Morgan fingerprint density at radius 1 is 1.25 bits per heavy atom. The van der Waals surface area contributed by atoms with Crippen molar-refractivity contribution in [2.45, 2.75) is 20.0 Å². The second-order valence-electron chi connectivity index (χ2n) is 4.93. The molecule has 1 aromatic carbocycles. The van der Waals surface area contributed by atoms with Crippen LogP contribution in [0.2, 0.25) is 0 Å². The molecule has 0 amide bonds. The van der Waals surface area contributed by atoms with Crippen molar-refractivity contribution in [2.75, 3.05) is 25.2 Å². The summed E-state index contributed by atoms with van der Waals surface area (Å²) in [6.07, 6.45) is -4.57. The van der Waals surface area contributed by atoms with E-state index in [4.69, 9.17) is 0 Å². The largest absolute Gasteiger partial charge is 0.463 e. The first-order valence-corrected chi connectivity index (χ1v) is 7.22. The molecule has 0 saturated carbocycles. The second-order valence-corrected chi connectivity index (χ2v) is 4.93. The second kappa shape index (κ2) is 6.50. The van der Waals surface area contributed by atoms with Gasteiger partial charge in [-0.2, -0.15) is 23.1 Å². The lowest BCUT2D eigenvalue weighted by atomic mass is 10.1. The molecule has 0 N–H and O–H groups in total. The predicted octanol–water partition coefficient (Wildman–Crippen LogP) is 2.39. The number of ether oxygens (including phenoxy) is 1. The van der Waals surface area contributed by atoms with Crippen molar-refractivity contribution in [1.82, 2.24) is 9.89 Å². The number of fused-ring (bicyclic) bond motifs is 1. The fraction of sp³-hybridized carbons (Fsp3) is 0.400. The molecule has 2 aromatic rings. The number of esters is 1. The molecule has 0 unspecified atom stereocenters. The summed E-state index contributed by atoms with van der Waals surface area (Å²) in [5, 5.41) is 5.73. The Balaban J connectivity index is 2.77. The smallest absolute Gasteiger partial charge is 0.416 e. The topological polar surface area (TPSA) is 64.4 Å². The number of alkyl halides is 3. The predicted molar refractivity (Wildman–Crippen MR) is 80.4 cm³/mol. The van der Waals surface area contributed by atoms with Crippen LogP contribution in [0.15, 0.2) is 18.2 Å². The third kappa shape index (κ3) is 3.06. The Bertz CT molecular complexity index is 779. The van der Waals surface area contributed by atoms with Gasteiger partial charge in [-0.3, -0.25) is 9.80 Å². The Labute approximate surface area is 135 Å². The van der Waals surface area contributed by atoms with Crippen LogP contribution in [0.5, 0.6) is 0 Å². The average molecular weight is 343 g/mol. The number of ketones is 1. The Hall–Kier alpha value is -2.58. The zero-order valence-electron chi connectivity index (χ0n) is 13.3.